The second kappa shape index (κ2) is 14.4. The molecule has 3 aliphatic carbocycles. The predicted octanol–water partition coefficient (Wildman–Crippen LogP) is 2.15. The van der Waals surface area contributed by atoms with Crippen LogP contribution >= 0.6 is 0 Å². The Morgan fingerprint density at radius 1 is 0.962 bits per heavy atom. The van der Waals surface area contributed by atoms with Crippen molar-refractivity contribution in [2.75, 3.05) is 0 Å². The van der Waals surface area contributed by atoms with Crippen molar-refractivity contribution in [1.82, 2.24) is 0 Å². The first kappa shape index (κ1) is 27.5. The molecule has 0 fully saturated rings. The Labute approximate surface area is 178 Å². The number of hydrogen-bond donors (Lipinski definition) is 2. The molecule has 6 heteroatoms. The summed E-state index contributed by atoms with van der Waals surface area (Å²) in [6.07, 6.45) is 12.7. The van der Waals surface area contributed by atoms with Crippen LogP contribution in [0.1, 0.15) is 78.6 Å². The van der Waals surface area contributed by atoms with Crippen LogP contribution in [0.5, 0.6) is 0 Å². The van der Waals surface area contributed by atoms with Crippen LogP contribution in [0.15, 0.2) is 22.3 Å². The van der Waals surface area contributed by atoms with E-state index < -0.39 is 11.9 Å². The van der Waals surface area contributed by atoms with Crippen molar-refractivity contribution in [3.8, 4) is 0 Å². The fraction of sp³-hybridized carbons (Fsp3) is 0.650. The molecule has 2 N–H and O–H groups in total. The minimum absolute atomic E-state index is 0. The maximum absolute atomic E-state index is 9.37. The fourth-order valence-corrected chi connectivity index (χ4v) is 3.51. The normalized spacial score (nSPS) is 19.7. The van der Waals surface area contributed by atoms with Gasteiger partial charge in [-0.05, 0) is 25.2 Å². The van der Waals surface area contributed by atoms with Gasteiger partial charge in [0.1, 0.15) is 0 Å². The van der Waals surface area contributed by atoms with Gasteiger partial charge in [-0.1, -0.05) is 45.6 Å². The Bertz CT molecular complexity index is 480. The summed E-state index contributed by atoms with van der Waals surface area (Å²) in [7, 11) is 0. The maximum Gasteiger partial charge on any atom is 2.00 e. The number of allylic oxidation sites excluding steroid dienone is 4. The Kier molecular flexibility index (Phi) is 15.2. The van der Waals surface area contributed by atoms with Gasteiger partial charge < -0.3 is 22.6 Å². The van der Waals surface area contributed by atoms with E-state index in [4.69, 9.17) is 10.2 Å². The van der Waals surface area contributed by atoms with Crippen LogP contribution in [0.4, 0.5) is 0 Å². The third kappa shape index (κ3) is 8.32. The Hall–Kier alpha value is -0.706. The molecule has 0 saturated carbocycles. The van der Waals surface area contributed by atoms with E-state index in [9.17, 15) is 9.59 Å². The molecule has 0 spiro atoms. The first-order valence-corrected chi connectivity index (χ1v) is 9.14. The molecule has 0 saturated heterocycles. The van der Waals surface area contributed by atoms with Crippen molar-refractivity contribution in [2.45, 2.75) is 78.6 Å². The van der Waals surface area contributed by atoms with Crippen molar-refractivity contribution in [2.24, 2.45) is 5.92 Å². The third-order valence-electron chi connectivity index (χ3n) is 4.81. The standard InChI is InChI=1S/C14H19.2C3H6O2.ClH.Ti/c1-10-11-6-2-4-8-13(11)14-9-5-3-7-12(10)14;2*1-2-3(4)5;;/h6,10H,2-5,7-9H2,1H3;2*2H2,1H3,(H,4,5);1H;/q-1;;;;+2/p-1. The molecule has 4 nitrogen and oxygen atoms in total. The van der Waals surface area contributed by atoms with Crippen LogP contribution < -0.4 is 12.4 Å². The summed E-state index contributed by atoms with van der Waals surface area (Å²) in [4.78, 5) is 18.7. The van der Waals surface area contributed by atoms with Gasteiger partial charge in [-0.25, -0.2) is 12.0 Å². The van der Waals surface area contributed by atoms with Crippen molar-refractivity contribution in [3.63, 3.8) is 0 Å². The molecule has 1 atom stereocenters. The summed E-state index contributed by atoms with van der Waals surface area (Å²) in [5.41, 5.74) is 7.07. The molecule has 26 heavy (non-hydrogen) atoms. The zero-order valence-corrected chi connectivity index (χ0v) is 18.4. The number of hydrogen-bond acceptors (Lipinski definition) is 2. The van der Waals surface area contributed by atoms with Gasteiger partial charge in [0.05, 0.1) is 0 Å². The van der Waals surface area contributed by atoms with E-state index in [1.807, 2.05) is 0 Å². The first-order valence-electron chi connectivity index (χ1n) is 9.14. The van der Waals surface area contributed by atoms with Crippen molar-refractivity contribution >= 4 is 11.9 Å². The molecule has 0 amide bonds. The Balaban J connectivity index is 0. The van der Waals surface area contributed by atoms with Gasteiger partial charge in [0, 0.05) is 12.8 Å². The molecule has 0 aromatic rings. The SMILES string of the molecule is CC1C2=C(CCC[CH-]2)C2=C1CCCC2.CCC(=O)O.CCC(=O)O.[Cl-].[Ti+2]. The Morgan fingerprint density at radius 2 is 1.42 bits per heavy atom. The summed E-state index contributed by atoms with van der Waals surface area (Å²) < 4.78 is 0. The van der Waals surface area contributed by atoms with Crippen molar-refractivity contribution in [3.05, 3.63) is 28.7 Å². The average molecular weight is 419 g/mol. The van der Waals surface area contributed by atoms with Gasteiger partial charge >= 0.3 is 33.7 Å². The van der Waals surface area contributed by atoms with E-state index in [1.165, 1.54) is 44.9 Å². The number of aliphatic carboxylic acids is 2. The minimum atomic E-state index is -0.745. The largest absolute Gasteiger partial charge is 2.00 e. The van der Waals surface area contributed by atoms with Gasteiger partial charge in [0.25, 0.3) is 0 Å². The summed E-state index contributed by atoms with van der Waals surface area (Å²) in [6, 6.07) is 0. The van der Waals surface area contributed by atoms with Crippen LogP contribution in [-0.2, 0) is 31.3 Å². The zero-order chi connectivity index (χ0) is 18.1. The van der Waals surface area contributed by atoms with Crippen molar-refractivity contribution < 1.29 is 53.9 Å². The minimum Gasteiger partial charge on any atom is -1.00 e. The summed E-state index contributed by atoms with van der Waals surface area (Å²) in [5, 5.41) is 15.4. The fourth-order valence-electron chi connectivity index (χ4n) is 3.51. The molecular weight excluding hydrogens is 388 g/mol. The van der Waals surface area contributed by atoms with E-state index >= 15 is 0 Å². The molecule has 0 aromatic carbocycles. The monoisotopic (exact) mass is 418 g/mol. The molecule has 146 valence electrons. The quantitative estimate of drug-likeness (QED) is 0.532. The molecular formula is C20H31ClO4Ti. The number of halogens is 1. The number of carboxylic acids is 2. The van der Waals surface area contributed by atoms with Crippen LogP contribution in [0.25, 0.3) is 0 Å². The van der Waals surface area contributed by atoms with Crippen LogP contribution in [0, 0.1) is 12.3 Å². The Morgan fingerprint density at radius 3 is 1.92 bits per heavy atom. The van der Waals surface area contributed by atoms with Crippen LogP contribution in [-0.4, -0.2) is 22.2 Å². The van der Waals surface area contributed by atoms with Gasteiger partial charge in [-0.15, -0.1) is 12.0 Å². The summed E-state index contributed by atoms with van der Waals surface area (Å²) >= 11 is 0. The molecule has 0 aromatic heterocycles. The van der Waals surface area contributed by atoms with Gasteiger partial charge in [-0.3, -0.25) is 9.59 Å². The molecule has 0 aliphatic heterocycles. The van der Waals surface area contributed by atoms with Gasteiger partial charge in [0.15, 0.2) is 0 Å². The number of rotatable bonds is 2. The number of carboxylic acid groups (broad SMARTS) is 2. The number of fused-ring (bicyclic) bond motifs is 1. The van der Waals surface area contributed by atoms with Crippen molar-refractivity contribution in [1.29, 1.82) is 0 Å². The molecule has 1 unspecified atom stereocenters. The van der Waals surface area contributed by atoms with E-state index in [-0.39, 0.29) is 47.0 Å². The second-order valence-corrected chi connectivity index (χ2v) is 6.46. The van der Waals surface area contributed by atoms with E-state index in [0.29, 0.717) is 0 Å². The summed E-state index contributed by atoms with van der Waals surface area (Å²) in [5.74, 6) is -0.712. The predicted molar refractivity (Wildman–Crippen MR) is 95.7 cm³/mol. The molecule has 3 aliphatic rings. The maximum atomic E-state index is 9.37. The van der Waals surface area contributed by atoms with E-state index in [2.05, 4.69) is 13.3 Å². The molecule has 3 rings (SSSR count). The molecule has 0 radical (unpaired) electrons. The van der Waals surface area contributed by atoms with Crippen LogP contribution in [0.3, 0.4) is 0 Å². The number of carbonyl (C=O) groups is 2. The topological polar surface area (TPSA) is 74.6 Å². The first-order chi connectivity index (χ1) is 11.4. The van der Waals surface area contributed by atoms with Crippen LogP contribution in [0.2, 0.25) is 0 Å². The van der Waals surface area contributed by atoms with E-state index in [1.54, 1.807) is 36.1 Å². The van der Waals surface area contributed by atoms with Gasteiger partial charge in [0.2, 0.25) is 0 Å². The van der Waals surface area contributed by atoms with Gasteiger partial charge in [-0.2, -0.15) is 5.57 Å². The molecule has 0 heterocycles. The second-order valence-electron chi connectivity index (χ2n) is 6.46. The third-order valence-corrected chi connectivity index (χ3v) is 4.81. The average Bonchev–Trinajstić information content (AvgIpc) is 2.89. The zero-order valence-electron chi connectivity index (χ0n) is 16.1. The molecule has 0 bridgehead atoms. The summed E-state index contributed by atoms with van der Waals surface area (Å²) in [6.45, 7) is 5.62. The van der Waals surface area contributed by atoms with E-state index in [0.717, 1.165) is 5.92 Å². The smallest absolute Gasteiger partial charge is 1.00 e.